The van der Waals surface area contributed by atoms with Gasteiger partial charge < -0.3 is 14.5 Å². The molecule has 1 aromatic rings. The van der Waals surface area contributed by atoms with Crippen molar-refractivity contribution in [1.82, 2.24) is 14.7 Å². The zero-order valence-corrected chi connectivity index (χ0v) is 15.0. The van der Waals surface area contributed by atoms with E-state index in [-0.39, 0.29) is 11.7 Å². The number of likely N-dealkylation sites (tertiary alicyclic amines) is 1. The van der Waals surface area contributed by atoms with E-state index in [1.807, 2.05) is 4.90 Å². The number of hydrogen-bond donors (Lipinski definition) is 0. The van der Waals surface area contributed by atoms with Crippen molar-refractivity contribution in [2.75, 3.05) is 45.9 Å². The lowest BCUT2D eigenvalue weighted by Gasteiger charge is -2.37. The highest BCUT2D eigenvalue weighted by Gasteiger charge is 2.28. The number of rotatable bonds is 6. The maximum atomic E-state index is 12.9. The summed E-state index contributed by atoms with van der Waals surface area (Å²) in [6.07, 6.45) is 3.28. The average molecular weight is 363 g/mol. The largest absolute Gasteiger partial charge is 0.492 e. The monoisotopic (exact) mass is 363 g/mol. The fraction of sp³-hybridized carbons (Fsp3) is 0.579. The molecule has 0 bridgehead atoms. The molecule has 2 aliphatic rings. The molecule has 0 aliphatic carbocycles. The Morgan fingerprint density at radius 2 is 1.81 bits per heavy atom. The van der Waals surface area contributed by atoms with Crippen molar-refractivity contribution < 1.29 is 18.7 Å². The number of amides is 2. The quantitative estimate of drug-likeness (QED) is 0.716. The molecule has 1 unspecified atom stereocenters. The number of hydrogen-bond acceptors (Lipinski definition) is 4. The summed E-state index contributed by atoms with van der Waals surface area (Å²) in [5, 5.41) is 0. The molecule has 0 N–H and O–H groups in total. The van der Waals surface area contributed by atoms with E-state index >= 15 is 0 Å². The lowest BCUT2D eigenvalue weighted by Crippen LogP contribution is -2.50. The Bertz CT molecular complexity index is 603. The van der Waals surface area contributed by atoms with Gasteiger partial charge in [-0.1, -0.05) is 0 Å². The van der Waals surface area contributed by atoms with E-state index in [0.29, 0.717) is 31.4 Å². The summed E-state index contributed by atoms with van der Waals surface area (Å²) in [5.74, 6) is 0.487. The molecule has 142 valence electrons. The Hall–Kier alpha value is -2.15. The maximum absolute atomic E-state index is 12.9. The van der Waals surface area contributed by atoms with Crippen LogP contribution in [0.5, 0.6) is 5.75 Å². The summed E-state index contributed by atoms with van der Waals surface area (Å²) < 4.78 is 18.5. The number of ether oxygens (including phenoxy) is 1. The minimum absolute atomic E-state index is 0.168. The molecule has 2 fully saturated rings. The van der Waals surface area contributed by atoms with E-state index in [2.05, 4.69) is 4.90 Å². The molecule has 26 heavy (non-hydrogen) atoms. The number of nitrogens with zero attached hydrogens (tertiary/aromatic N) is 3. The van der Waals surface area contributed by atoms with Crippen LogP contribution in [0.2, 0.25) is 0 Å². The van der Waals surface area contributed by atoms with Crippen molar-refractivity contribution >= 4 is 12.3 Å². The van der Waals surface area contributed by atoms with Gasteiger partial charge in [0.05, 0.1) is 6.54 Å². The van der Waals surface area contributed by atoms with Crippen molar-refractivity contribution in [3.63, 3.8) is 0 Å². The van der Waals surface area contributed by atoms with Gasteiger partial charge >= 0.3 is 0 Å². The maximum Gasteiger partial charge on any atom is 0.222 e. The molecule has 7 heteroatoms. The molecule has 2 aliphatic heterocycles. The Morgan fingerprint density at radius 1 is 1.08 bits per heavy atom. The van der Waals surface area contributed by atoms with Crippen molar-refractivity contribution in [3.05, 3.63) is 30.1 Å². The van der Waals surface area contributed by atoms with E-state index < -0.39 is 0 Å². The van der Waals surface area contributed by atoms with Crippen molar-refractivity contribution in [2.24, 2.45) is 0 Å². The molecule has 2 heterocycles. The lowest BCUT2D eigenvalue weighted by molar-refractivity contribution is -0.131. The van der Waals surface area contributed by atoms with Crippen LogP contribution in [0.15, 0.2) is 24.3 Å². The first-order valence-corrected chi connectivity index (χ1v) is 9.25. The van der Waals surface area contributed by atoms with Crippen LogP contribution in [0, 0.1) is 5.82 Å². The molecule has 1 aromatic carbocycles. The van der Waals surface area contributed by atoms with Gasteiger partial charge in [0.2, 0.25) is 12.3 Å². The minimum atomic E-state index is -0.292. The second-order valence-electron chi connectivity index (χ2n) is 6.84. The van der Waals surface area contributed by atoms with Crippen LogP contribution in [0.1, 0.15) is 19.3 Å². The molecule has 0 radical (unpaired) electrons. The third-order valence-corrected chi connectivity index (χ3v) is 5.23. The Morgan fingerprint density at radius 3 is 2.50 bits per heavy atom. The van der Waals surface area contributed by atoms with Gasteiger partial charge in [-0.15, -0.1) is 0 Å². The van der Waals surface area contributed by atoms with E-state index in [9.17, 15) is 14.0 Å². The van der Waals surface area contributed by atoms with Crippen LogP contribution in [-0.4, -0.2) is 78.9 Å². The summed E-state index contributed by atoms with van der Waals surface area (Å²) in [6, 6.07) is 6.31. The Labute approximate surface area is 153 Å². The first kappa shape index (κ1) is 18.6. The topological polar surface area (TPSA) is 53.1 Å². The summed E-state index contributed by atoms with van der Waals surface area (Å²) in [6.45, 7) is 4.97. The van der Waals surface area contributed by atoms with Crippen LogP contribution < -0.4 is 4.74 Å². The summed E-state index contributed by atoms with van der Waals surface area (Å²) >= 11 is 0. The van der Waals surface area contributed by atoms with Crippen molar-refractivity contribution in [2.45, 2.75) is 25.3 Å². The van der Waals surface area contributed by atoms with Gasteiger partial charge in [0, 0.05) is 45.2 Å². The molecule has 6 nitrogen and oxygen atoms in total. The van der Waals surface area contributed by atoms with Gasteiger partial charge in [0.1, 0.15) is 18.2 Å². The first-order chi connectivity index (χ1) is 12.7. The van der Waals surface area contributed by atoms with E-state index in [0.717, 1.165) is 52.0 Å². The summed E-state index contributed by atoms with van der Waals surface area (Å²) in [7, 11) is 0. The number of carbonyl (C=O) groups is 2. The van der Waals surface area contributed by atoms with Gasteiger partial charge in [-0.2, -0.15) is 0 Å². The molecule has 2 saturated heterocycles. The van der Waals surface area contributed by atoms with Gasteiger partial charge in [0.25, 0.3) is 0 Å². The number of benzene rings is 1. The minimum Gasteiger partial charge on any atom is -0.492 e. The highest BCUT2D eigenvalue weighted by Crippen LogP contribution is 2.19. The van der Waals surface area contributed by atoms with Crippen LogP contribution in [-0.2, 0) is 9.59 Å². The SMILES string of the molecule is O=CN1CCN(C2CCC(=O)N(CCOc3ccc(F)cc3)CC2)CC1. The molecule has 3 rings (SSSR count). The molecule has 0 saturated carbocycles. The standard InChI is InChI=1S/C19H26FN3O3/c20-16-1-4-18(5-2-16)26-14-13-23-8-7-17(3-6-19(23)25)22-11-9-21(15-24)10-12-22/h1-2,4-5,15,17H,3,6-14H2. The smallest absolute Gasteiger partial charge is 0.222 e. The van der Waals surface area contributed by atoms with Crippen LogP contribution >= 0.6 is 0 Å². The lowest BCUT2D eigenvalue weighted by atomic mass is 10.1. The van der Waals surface area contributed by atoms with E-state index in [1.54, 1.807) is 17.0 Å². The summed E-state index contributed by atoms with van der Waals surface area (Å²) in [5.41, 5.74) is 0. The number of piperazine rings is 1. The fourth-order valence-corrected chi connectivity index (χ4v) is 3.64. The molecule has 0 spiro atoms. The summed E-state index contributed by atoms with van der Waals surface area (Å²) in [4.78, 5) is 29.3. The molecule has 1 atom stereocenters. The highest BCUT2D eigenvalue weighted by molar-refractivity contribution is 5.76. The first-order valence-electron chi connectivity index (χ1n) is 9.25. The van der Waals surface area contributed by atoms with Gasteiger partial charge in [0.15, 0.2) is 0 Å². The predicted molar refractivity (Wildman–Crippen MR) is 95.3 cm³/mol. The van der Waals surface area contributed by atoms with Crippen LogP contribution in [0.25, 0.3) is 0 Å². The third-order valence-electron chi connectivity index (χ3n) is 5.23. The average Bonchev–Trinajstić information content (AvgIpc) is 2.85. The molecular formula is C19H26FN3O3. The third kappa shape index (κ3) is 4.94. The van der Waals surface area contributed by atoms with Crippen molar-refractivity contribution in [3.8, 4) is 5.75 Å². The zero-order chi connectivity index (χ0) is 18.4. The van der Waals surface area contributed by atoms with Gasteiger partial charge in [-0.25, -0.2) is 4.39 Å². The van der Waals surface area contributed by atoms with Crippen molar-refractivity contribution in [1.29, 1.82) is 0 Å². The highest BCUT2D eigenvalue weighted by atomic mass is 19.1. The normalized spacial score (nSPS) is 22.2. The van der Waals surface area contributed by atoms with E-state index in [1.165, 1.54) is 12.1 Å². The molecule has 2 amide bonds. The van der Waals surface area contributed by atoms with E-state index in [4.69, 9.17) is 4.74 Å². The van der Waals surface area contributed by atoms with Gasteiger partial charge in [-0.3, -0.25) is 14.5 Å². The molecular weight excluding hydrogens is 337 g/mol. The molecule has 0 aromatic heterocycles. The Balaban J connectivity index is 1.44. The van der Waals surface area contributed by atoms with Crippen LogP contribution in [0.3, 0.4) is 0 Å². The number of halogens is 1. The second kappa shape index (κ2) is 8.98. The van der Waals surface area contributed by atoms with Crippen LogP contribution in [0.4, 0.5) is 4.39 Å². The zero-order valence-electron chi connectivity index (χ0n) is 15.0. The Kier molecular flexibility index (Phi) is 6.44. The number of carbonyl (C=O) groups excluding carboxylic acids is 2. The second-order valence-corrected chi connectivity index (χ2v) is 6.84. The predicted octanol–water partition coefficient (Wildman–Crippen LogP) is 1.36. The fourth-order valence-electron chi connectivity index (χ4n) is 3.64. The van der Waals surface area contributed by atoms with Gasteiger partial charge in [-0.05, 0) is 37.1 Å².